The second kappa shape index (κ2) is 5.28. The summed E-state index contributed by atoms with van der Waals surface area (Å²) < 4.78 is 7.18. The van der Waals surface area contributed by atoms with Crippen molar-refractivity contribution in [1.29, 1.82) is 0 Å². The van der Waals surface area contributed by atoms with Crippen molar-refractivity contribution in [3.05, 3.63) is 58.9 Å². The third-order valence-corrected chi connectivity index (χ3v) is 3.25. The van der Waals surface area contributed by atoms with Crippen molar-refractivity contribution in [2.45, 2.75) is 13.5 Å². The molecule has 0 spiro atoms. The van der Waals surface area contributed by atoms with E-state index in [-0.39, 0.29) is 11.5 Å². The Morgan fingerprint density at radius 2 is 1.90 bits per heavy atom. The molecule has 3 rings (SSSR count). The molecule has 5 nitrogen and oxygen atoms in total. The lowest BCUT2D eigenvalue weighted by atomic mass is 10.2. The first-order valence-corrected chi connectivity index (χ1v) is 6.72. The molecule has 0 aliphatic rings. The van der Waals surface area contributed by atoms with Crippen LogP contribution in [0.2, 0.25) is 0 Å². The first kappa shape index (κ1) is 13.2. The van der Waals surface area contributed by atoms with Crippen LogP contribution in [-0.4, -0.2) is 9.55 Å². The number of fused-ring (bicyclic) bond motifs is 1. The average Bonchev–Trinajstić information content (AvgIpc) is 2.49. The Labute approximate surface area is 121 Å². The number of ether oxygens (including phenoxy) is 1. The molecule has 0 amide bonds. The second-order valence-corrected chi connectivity index (χ2v) is 4.61. The minimum absolute atomic E-state index is 0.154. The fourth-order valence-corrected chi connectivity index (χ4v) is 2.21. The monoisotopic (exact) mass is 281 g/mol. The van der Waals surface area contributed by atoms with E-state index in [1.165, 1.54) is 4.57 Å². The summed E-state index contributed by atoms with van der Waals surface area (Å²) in [6, 6.07) is 14.6. The van der Waals surface area contributed by atoms with Gasteiger partial charge in [-0.15, -0.1) is 0 Å². The van der Waals surface area contributed by atoms with Gasteiger partial charge < -0.3 is 10.5 Å². The van der Waals surface area contributed by atoms with Crippen molar-refractivity contribution < 1.29 is 4.74 Å². The normalized spacial score (nSPS) is 10.7. The number of anilines is 1. The Morgan fingerprint density at radius 1 is 1.14 bits per heavy atom. The molecule has 0 bridgehead atoms. The number of hydrogen-bond donors (Lipinski definition) is 1. The minimum Gasteiger partial charge on any atom is -0.457 e. The fraction of sp³-hybridized carbons (Fsp3) is 0.125. The molecule has 3 aromatic rings. The summed E-state index contributed by atoms with van der Waals surface area (Å²) in [5.41, 5.74) is 6.20. The average molecular weight is 281 g/mol. The molecule has 5 heteroatoms. The van der Waals surface area contributed by atoms with E-state index in [0.717, 1.165) is 5.75 Å². The fourth-order valence-electron chi connectivity index (χ4n) is 2.21. The van der Waals surface area contributed by atoms with Crippen LogP contribution in [0.1, 0.15) is 6.92 Å². The number of nitrogen functional groups attached to an aromatic ring is 1. The number of rotatable bonds is 3. The molecule has 2 N–H and O–H groups in total. The highest BCUT2D eigenvalue weighted by atomic mass is 16.5. The van der Waals surface area contributed by atoms with Crippen LogP contribution in [-0.2, 0) is 6.54 Å². The standard InChI is InChI=1S/C16H15N3O2/c1-2-19-15(20)13-10-12(8-9-14(13)18-16(19)17)21-11-6-4-3-5-7-11/h3-10H,2H2,1H3,(H2,17,18). The highest BCUT2D eigenvalue weighted by Gasteiger charge is 2.09. The topological polar surface area (TPSA) is 70.1 Å². The lowest BCUT2D eigenvalue weighted by molar-refractivity contribution is 0.483. The van der Waals surface area contributed by atoms with Gasteiger partial charge in [-0.1, -0.05) is 18.2 Å². The van der Waals surface area contributed by atoms with Gasteiger partial charge in [0.05, 0.1) is 10.9 Å². The predicted molar refractivity (Wildman–Crippen MR) is 82.6 cm³/mol. The molecular formula is C16H15N3O2. The summed E-state index contributed by atoms with van der Waals surface area (Å²) in [7, 11) is 0. The van der Waals surface area contributed by atoms with Crippen molar-refractivity contribution in [3.63, 3.8) is 0 Å². The quantitative estimate of drug-likeness (QED) is 0.801. The summed E-state index contributed by atoms with van der Waals surface area (Å²) in [6.07, 6.45) is 0. The van der Waals surface area contributed by atoms with Crippen molar-refractivity contribution in [2.75, 3.05) is 5.73 Å². The third kappa shape index (κ3) is 2.45. The number of nitrogens with zero attached hydrogens (tertiary/aromatic N) is 2. The van der Waals surface area contributed by atoms with Crippen molar-refractivity contribution in [3.8, 4) is 11.5 Å². The molecule has 0 saturated heterocycles. The molecule has 0 radical (unpaired) electrons. The van der Waals surface area contributed by atoms with E-state index in [2.05, 4.69) is 4.98 Å². The molecule has 0 atom stereocenters. The first-order valence-electron chi connectivity index (χ1n) is 6.72. The maximum atomic E-state index is 12.4. The number of aromatic nitrogens is 2. The Bertz CT molecular complexity index is 841. The van der Waals surface area contributed by atoms with E-state index in [1.54, 1.807) is 18.2 Å². The zero-order valence-electron chi connectivity index (χ0n) is 11.6. The summed E-state index contributed by atoms with van der Waals surface area (Å²) in [5, 5.41) is 0.500. The lowest BCUT2D eigenvalue weighted by Crippen LogP contribution is -2.23. The molecule has 1 aromatic heterocycles. The molecule has 0 aliphatic heterocycles. The number of benzene rings is 2. The highest BCUT2D eigenvalue weighted by molar-refractivity contribution is 5.80. The van der Waals surface area contributed by atoms with Gasteiger partial charge in [0.1, 0.15) is 11.5 Å². The number of hydrogen-bond acceptors (Lipinski definition) is 4. The van der Waals surface area contributed by atoms with E-state index in [1.807, 2.05) is 37.3 Å². The van der Waals surface area contributed by atoms with Crippen LogP contribution in [0.3, 0.4) is 0 Å². The van der Waals surface area contributed by atoms with Gasteiger partial charge in [-0.25, -0.2) is 4.98 Å². The number of nitrogens with two attached hydrogens (primary N) is 1. The molecule has 21 heavy (non-hydrogen) atoms. The van der Waals surface area contributed by atoms with Gasteiger partial charge >= 0.3 is 0 Å². The van der Waals surface area contributed by atoms with Gasteiger partial charge in [0, 0.05) is 6.54 Å². The molecule has 0 saturated carbocycles. The summed E-state index contributed by atoms with van der Waals surface area (Å²) in [5.74, 6) is 1.54. The summed E-state index contributed by atoms with van der Waals surface area (Å²) in [6.45, 7) is 2.34. The van der Waals surface area contributed by atoms with Gasteiger partial charge in [-0.05, 0) is 37.3 Å². The predicted octanol–water partition coefficient (Wildman–Crippen LogP) is 2.79. The summed E-state index contributed by atoms with van der Waals surface area (Å²) >= 11 is 0. The Kier molecular flexibility index (Phi) is 3.31. The first-order chi connectivity index (χ1) is 10.2. The Morgan fingerprint density at radius 3 is 2.62 bits per heavy atom. The van der Waals surface area contributed by atoms with E-state index < -0.39 is 0 Å². The second-order valence-electron chi connectivity index (χ2n) is 4.61. The molecule has 0 fully saturated rings. The maximum absolute atomic E-state index is 12.4. The van der Waals surface area contributed by atoms with Crippen molar-refractivity contribution >= 4 is 16.9 Å². The Balaban J connectivity index is 2.09. The maximum Gasteiger partial charge on any atom is 0.262 e. The van der Waals surface area contributed by atoms with Crippen molar-refractivity contribution in [2.24, 2.45) is 0 Å². The highest BCUT2D eigenvalue weighted by Crippen LogP contribution is 2.23. The summed E-state index contributed by atoms with van der Waals surface area (Å²) in [4.78, 5) is 16.6. The van der Waals surface area contributed by atoms with Gasteiger partial charge in [-0.3, -0.25) is 9.36 Å². The lowest BCUT2D eigenvalue weighted by Gasteiger charge is -2.09. The zero-order valence-corrected chi connectivity index (χ0v) is 11.6. The minimum atomic E-state index is -0.154. The van der Waals surface area contributed by atoms with E-state index in [0.29, 0.717) is 23.2 Å². The molecule has 2 aromatic carbocycles. The van der Waals surface area contributed by atoms with Crippen LogP contribution in [0.15, 0.2) is 53.3 Å². The van der Waals surface area contributed by atoms with Crippen LogP contribution in [0, 0.1) is 0 Å². The molecular weight excluding hydrogens is 266 g/mol. The SMILES string of the molecule is CCn1c(N)nc2ccc(Oc3ccccc3)cc2c1=O. The van der Waals surface area contributed by atoms with Crippen LogP contribution in [0.4, 0.5) is 5.95 Å². The largest absolute Gasteiger partial charge is 0.457 e. The smallest absolute Gasteiger partial charge is 0.262 e. The number of para-hydroxylation sites is 1. The van der Waals surface area contributed by atoms with E-state index in [4.69, 9.17) is 10.5 Å². The van der Waals surface area contributed by atoms with Gasteiger partial charge in [0.15, 0.2) is 0 Å². The van der Waals surface area contributed by atoms with Crippen LogP contribution < -0.4 is 16.0 Å². The van der Waals surface area contributed by atoms with Crippen molar-refractivity contribution in [1.82, 2.24) is 9.55 Å². The van der Waals surface area contributed by atoms with Crippen LogP contribution in [0.25, 0.3) is 10.9 Å². The third-order valence-electron chi connectivity index (χ3n) is 3.25. The van der Waals surface area contributed by atoms with E-state index >= 15 is 0 Å². The van der Waals surface area contributed by atoms with Gasteiger partial charge in [0.2, 0.25) is 5.95 Å². The molecule has 0 unspecified atom stereocenters. The van der Waals surface area contributed by atoms with E-state index in [9.17, 15) is 4.79 Å². The van der Waals surface area contributed by atoms with Gasteiger partial charge in [-0.2, -0.15) is 0 Å². The molecule has 1 heterocycles. The zero-order chi connectivity index (χ0) is 14.8. The van der Waals surface area contributed by atoms with Gasteiger partial charge in [0.25, 0.3) is 5.56 Å². The Hall–Kier alpha value is -2.82. The molecule has 0 aliphatic carbocycles. The van der Waals surface area contributed by atoms with Crippen LogP contribution >= 0.6 is 0 Å². The molecule has 106 valence electrons. The van der Waals surface area contributed by atoms with Crippen LogP contribution in [0.5, 0.6) is 11.5 Å².